The number of guanidine groups is 1. The zero-order chi connectivity index (χ0) is 14.4. The van der Waals surface area contributed by atoms with Crippen molar-refractivity contribution in [2.75, 3.05) is 0 Å². The molecule has 0 radical (unpaired) electrons. The zero-order valence-corrected chi connectivity index (χ0v) is 12.1. The van der Waals surface area contributed by atoms with Gasteiger partial charge in [0.2, 0.25) is 5.96 Å². The van der Waals surface area contributed by atoms with Crippen LogP contribution in [0.25, 0.3) is 0 Å². The van der Waals surface area contributed by atoms with E-state index >= 15 is 0 Å². The maximum absolute atomic E-state index is 8.50. The molecular formula is C17H21N3. The first-order chi connectivity index (χ1) is 9.77. The molecule has 0 unspecified atom stereocenters. The lowest BCUT2D eigenvalue weighted by Gasteiger charge is -2.32. The van der Waals surface area contributed by atoms with Crippen molar-refractivity contribution >= 4 is 5.96 Å². The fourth-order valence-electron chi connectivity index (χ4n) is 2.17. The smallest absolute Gasteiger partial charge is 0.211 e. The standard InChI is InChI=1S/C17H21N3/c1-3-9-15-11-5-7-13-19(15)17(18)20-14-8-6-12-16(20)10-4-2/h5-14,18H,3-4H2,1-2H3/b15-9-,16-10-. The van der Waals surface area contributed by atoms with Crippen LogP contribution in [0.1, 0.15) is 26.7 Å². The van der Waals surface area contributed by atoms with Gasteiger partial charge in [-0.2, -0.15) is 0 Å². The van der Waals surface area contributed by atoms with Gasteiger partial charge in [0, 0.05) is 23.8 Å². The van der Waals surface area contributed by atoms with Crippen molar-refractivity contribution in [1.29, 1.82) is 5.41 Å². The predicted octanol–water partition coefficient (Wildman–Crippen LogP) is 4.28. The van der Waals surface area contributed by atoms with Gasteiger partial charge in [-0.1, -0.05) is 38.2 Å². The summed E-state index contributed by atoms with van der Waals surface area (Å²) in [6, 6.07) is 0. The summed E-state index contributed by atoms with van der Waals surface area (Å²) in [4.78, 5) is 3.80. The molecule has 2 heterocycles. The van der Waals surface area contributed by atoms with Crippen molar-refractivity contribution in [2.45, 2.75) is 26.7 Å². The highest BCUT2D eigenvalue weighted by atomic mass is 15.4. The Bertz CT molecular complexity index is 497. The second kappa shape index (κ2) is 6.75. The van der Waals surface area contributed by atoms with Crippen molar-refractivity contribution in [3.8, 4) is 0 Å². The third-order valence-corrected chi connectivity index (χ3v) is 3.07. The number of rotatable bonds is 2. The van der Waals surface area contributed by atoms with Crippen molar-refractivity contribution in [2.24, 2.45) is 0 Å². The molecule has 0 spiro atoms. The average Bonchev–Trinajstić information content (AvgIpc) is 2.48. The molecule has 0 aromatic heterocycles. The molecule has 0 bridgehead atoms. The molecule has 3 nitrogen and oxygen atoms in total. The Hall–Kier alpha value is -2.29. The summed E-state index contributed by atoms with van der Waals surface area (Å²) in [6.45, 7) is 4.21. The van der Waals surface area contributed by atoms with E-state index in [4.69, 9.17) is 5.41 Å². The molecule has 0 aromatic rings. The molecule has 1 N–H and O–H groups in total. The lowest BCUT2D eigenvalue weighted by molar-refractivity contribution is 0.555. The van der Waals surface area contributed by atoms with Gasteiger partial charge in [-0.15, -0.1) is 0 Å². The molecule has 2 aliphatic heterocycles. The highest BCUT2D eigenvalue weighted by Crippen LogP contribution is 2.20. The predicted molar refractivity (Wildman–Crippen MR) is 84.7 cm³/mol. The Morgan fingerprint density at radius 3 is 1.75 bits per heavy atom. The minimum absolute atomic E-state index is 0.436. The maximum atomic E-state index is 8.50. The number of allylic oxidation sites excluding steroid dienone is 8. The second-order valence-corrected chi connectivity index (χ2v) is 4.54. The van der Waals surface area contributed by atoms with Crippen LogP contribution >= 0.6 is 0 Å². The van der Waals surface area contributed by atoms with E-state index in [-0.39, 0.29) is 0 Å². The number of hydrogen-bond acceptors (Lipinski definition) is 1. The number of nitrogens with zero attached hydrogens (tertiary/aromatic N) is 2. The summed E-state index contributed by atoms with van der Waals surface area (Å²) in [5.41, 5.74) is 2.08. The fraction of sp³-hybridized carbons (Fsp3) is 0.235. The average molecular weight is 267 g/mol. The van der Waals surface area contributed by atoms with Gasteiger partial charge in [0.1, 0.15) is 0 Å². The van der Waals surface area contributed by atoms with Crippen LogP contribution in [0.2, 0.25) is 0 Å². The van der Waals surface area contributed by atoms with Gasteiger partial charge in [-0.3, -0.25) is 15.2 Å². The van der Waals surface area contributed by atoms with Crippen LogP contribution in [-0.2, 0) is 0 Å². The Morgan fingerprint density at radius 2 is 1.35 bits per heavy atom. The van der Waals surface area contributed by atoms with E-state index in [0.717, 1.165) is 24.2 Å². The van der Waals surface area contributed by atoms with E-state index < -0.39 is 0 Å². The lowest BCUT2D eigenvalue weighted by Crippen LogP contribution is -2.37. The van der Waals surface area contributed by atoms with Crippen molar-refractivity contribution in [3.63, 3.8) is 0 Å². The third kappa shape index (κ3) is 2.99. The Balaban J connectivity index is 2.26. The van der Waals surface area contributed by atoms with Crippen LogP contribution in [0.5, 0.6) is 0 Å². The summed E-state index contributed by atoms with van der Waals surface area (Å²) in [5, 5.41) is 8.50. The molecular weight excluding hydrogens is 246 g/mol. The monoisotopic (exact) mass is 267 g/mol. The summed E-state index contributed by atoms with van der Waals surface area (Å²) in [7, 11) is 0. The molecule has 0 fully saturated rings. The van der Waals surface area contributed by atoms with Crippen LogP contribution in [0.3, 0.4) is 0 Å². The quantitative estimate of drug-likeness (QED) is 0.598. The molecule has 0 atom stereocenters. The first-order valence-electron chi connectivity index (χ1n) is 7.05. The first-order valence-corrected chi connectivity index (χ1v) is 7.05. The third-order valence-electron chi connectivity index (χ3n) is 3.07. The highest BCUT2D eigenvalue weighted by molar-refractivity contribution is 5.84. The molecule has 104 valence electrons. The highest BCUT2D eigenvalue weighted by Gasteiger charge is 2.19. The molecule has 2 rings (SSSR count). The molecule has 0 saturated carbocycles. The zero-order valence-electron chi connectivity index (χ0n) is 12.1. The summed E-state index contributed by atoms with van der Waals surface area (Å²) < 4.78 is 0. The van der Waals surface area contributed by atoms with Crippen LogP contribution in [0, 0.1) is 5.41 Å². The van der Waals surface area contributed by atoms with Crippen molar-refractivity contribution < 1.29 is 0 Å². The minimum atomic E-state index is 0.436. The molecule has 0 aromatic carbocycles. The van der Waals surface area contributed by atoms with Gasteiger partial charge < -0.3 is 0 Å². The van der Waals surface area contributed by atoms with Gasteiger partial charge in [-0.05, 0) is 37.1 Å². The lowest BCUT2D eigenvalue weighted by atomic mass is 10.2. The molecule has 20 heavy (non-hydrogen) atoms. The molecule has 0 aliphatic carbocycles. The summed E-state index contributed by atoms with van der Waals surface area (Å²) in [6.07, 6.45) is 22.0. The van der Waals surface area contributed by atoms with Gasteiger partial charge >= 0.3 is 0 Å². The minimum Gasteiger partial charge on any atom is -0.288 e. The number of hydrogen-bond donors (Lipinski definition) is 1. The van der Waals surface area contributed by atoms with Gasteiger partial charge in [0.25, 0.3) is 0 Å². The van der Waals surface area contributed by atoms with Crippen LogP contribution in [0.15, 0.2) is 72.4 Å². The summed E-state index contributed by atoms with van der Waals surface area (Å²) in [5.74, 6) is 0.436. The number of nitrogens with one attached hydrogen (secondary N) is 1. The van der Waals surface area contributed by atoms with E-state index in [1.165, 1.54) is 0 Å². The van der Waals surface area contributed by atoms with E-state index in [9.17, 15) is 0 Å². The molecule has 0 saturated heterocycles. The normalized spacial score (nSPS) is 21.3. The van der Waals surface area contributed by atoms with Gasteiger partial charge in [0.15, 0.2) is 0 Å². The van der Waals surface area contributed by atoms with Crippen molar-refractivity contribution in [3.05, 3.63) is 72.4 Å². The second-order valence-electron chi connectivity index (χ2n) is 4.54. The van der Waals surface area contributed by atoms with E-state index in [1.54, 1.807) is 0 Å². The Labute approximate surface area is 121 Å². The Kier molecular flexibility index (Phi) is 4.77. The van der Waals surface area contributed by atoms with Crippen LogP contribution in [-0.4, -0.2) is 15.8 Å². The SMILES string of the molecule is CC/C=C1/C=CC=CN1C(=N)N1C=CC=C/C1=C/CC. The van der Waals surface area contributed by atoms with E-state index in [0.29, 0.717) is 5.96 Å². The van der Waals surface area contributed by atoms with Crippen LogP contribution in [0.4, 0.5) is 0 Å². The van der Waals surface area contributed by atoms with E-state index in [1.807, 2.05) is 58.7 Å². The molecule has 0 amide bonds. The molecule has 3 heteroatoms. The van der Waals surface area contributed by atoms with Gasteiger partial charge in [0.05, 0.1) is 0 Å². The molecule has 2 aliphatic rings. The Morgan fingerprint density at radius 1 is 0.900 bits per heavy atom. The topological polar surface area (TPSA) is 30.3 Å². The maximum Gasteiger partial charge on any atom is 0.211 e. The van der Waals surface area contributed by atoms with Crippen LogP contribution < -0.4 is 0 Å². The van der Waals surface area contributed by atoms with Gasteiger partial charge in [-0.25, -0.2) is 0 Å². The largest absolute Gasteiger partial charge is 0.288 e. The van der Waals surface area contributed by atoms with Crippen molar-refractivity contribution in [1.82, 2.24) is 9.80 Å². The van der Waals surface area contributed by atoms with E-state index in [2.05, 4.69) is 26.0 Å². The first kappa shape index (κ1) is 14.1. The fourth-order valence-corrected chi connectivity index (χ4v) is 2.17. The summed E-state index contributed by atoms with van der Waals surface area (Å²) >= 11 is 0.